The van der Waals surface area contributed by atoms with Gasteiger partial charge in [-0.05, 0) is 29.8 Å². The summed E-state index contributed by atoms with van der Waals surface area (Å²) in [5.74, 6) is -0.353. The van der Waals surface area contributed by atoms with E-state index in [2.05, 4.69) is 5.43 Å². The second-order valence-electron chi connectivity index (χ2n) is 7.07. The van der Waals surface area contributed by atoms with Gasteiger partial charge in [0.25, 0.3) is 17.5 Å². The summed E-state index contributed by atoms with van der Waals surface area (Å²) >= 11 is 0. The molecule has 3 aromatic rings. The first-order valence-electron chi connectivity index (χ1n) is 9.93. The number of benzene rings is 3. The molecule has 1 heterocycles. The van der Waals surface area contributed by atoms with Gasteiger partial charge in [-0.3, -0.25) is 25.1 Å². The van der Waals surface area contributed by atoms with Gasteiger partial charge < -0.3 is 9.47 Å². The van der Waals surface area contributed by atoms with E-state index in [4.69, 9.17) is 9.47 Å². The van der Waals surface area contributed by atoms with Crippen molar-refractivity contribution in [3.63, 3.8) is 0 Å². The Kier molecular flexibility index (Phi) is 6.03. The molecule has 166 valence electrons. The fourth-order valence-electron chi connectivity index (χ4n) is 3.35. The van der Waals surface area contributed by atoms with Gasteiger partial charge in [-0.2, -0.15) is 0 Å². The average molecular weight is 445 g/mol. The molecule has 1 fully saturated rings. The molecule has 1 aliphatic rings. The minimum atomic E-state index is -0.545. The maximum Gasteiger partial charge on any atom is 0.282 e. The molecule has 9 nitrogen and oxygen atoms in total. The van der Waals surface area contributed by atoms with Crippen LogP contribution >= 0.6 is 0 Å². The van der Waals surface area contributed by atoms with Crippen LogP contribution in [0.1, 0.15) is 11.1 Å². The van der Waals surface area contributed by atoms with Crippen molar-refractivity contribution >= 4 is 29.3 Å². The zero-order valence-corrected chi connectivity index (χ0v) is 17.6. The lowest BCUT2D eigenvalue weighted by Crippen LogP contribution is -2.35. The third-order valence-corrected chi connectivity index (χ3v) is 4.94. The van der Waals surface area contributed by atoms with Gasteiger partial charge >= 0.3 is 0 Å². The Morgan fingerprint density at radius 3 is 2.52 bits per heavy atom. The lowest BCUT2D eigenvalue weighted by atomic mass is 10.1. The van der Waals surface area contributed by atoms with Crippen LogP contribution in [0.2, 0.25) is 0 Å². The number of anilines is 1. The molecule has 0 bridgehead atoms. The molecule has 0 spiro atoms. The van der Waals surface area contributed by atoms with Crippen LogP contribution in [0.5, 0.6) is 11.5 Å². The molecular formula is C24H19N3O6. The Morgan fingerprint density at radius 2 is 1.79 bits per heavy atom. The summed E-state index contributed by atoms with van der Waals surface area (Å²) in [6, 6.07) is 19.9. The molecule has 0 unspecified atom stereocenters. The van der Waals surface area contributed by atoms with Crippen LogP contribution in [-0.4, -0.2) is 23.8 Å². The Morgan fingerprint density at radius 1 is 1.03 bits per heavy atom. The lowest BCUT2D eigenvalue weighted by molar-refractivity contribution is -0.384. The molecule has 1 N–H and O–H groups in total. The smallest absolute Gasteiger partial charge is 0.282 e. The van der Waals surface area contributed by atoms with E-state index in [-0.39, 0.29) is 17.9 Å². The van der Waals surface area contributed by atoms with Gasteiger partial charge in [0.1, 0.15) is 12.2 Å². The van der Waals surface area contributed by atoms with E-state index in [9.17, 15) is 19.7 Å². The Balaban J connectivity index is 1.64. The van der Waals surface area contributed by atoms with Crippen molar-refractivity contribution in [2.45, 2.75) is 6.61 Å². The summed E-state index contributed by atoms with van der Waals surface area (Å²) in [4.78, 5) is 36.0. The second-order valence-corrected chi connectivity index (χ2v) is 7.07. The van der Waals surface area contributed by atoms with Gasteiger partial charge in [-0.1, -0.05) is 42.5 Å². The number of non-ortho nitro benzene ring substituents is 1. The third-order valence-electron chi connectivity index (χ3n) is 4.94. The number of methoxy groups -OCH3 is 1. The summed E-state index contributed by atoms with van der Waals surface area (Å²) in [7, 11) is 1.47. The first-order chi connectivity index (χ1) is 16.0. The zero-order chi connectivity index (χ0) is 23.4. The van der Waals surface area contributed by atoms with E-state index in [1.54, 1.807) is 54.6 Å². The average Bonchev–Trinajstić information content (AvgIpc) is 3.12. The number of hydrazine groups is 1. The highest BCUT2D eigenvalue weighted by atomic mass is 16.6. The van der Waals surface area contributed by atoms with Gasteiger partial charge in [-0.25, -0.2) is 5.01 Å². The van der Waals surface area contributed by atoms with Crippen LogP contribution in [0.25, 0.3) is 6.08 Å². The highest BCUT2D eigenvalue weighted by Crippen LogP contribution is 2.34. The van der Waals surface area contributed by atoms with E-state index in [1.807, 2.05) is 6.07 Å². The zero-order valence-electron chi connectivity index (χ0n) is 17.6. The van der Waals surface area contributed by atoms with Gasteiger partial charge in [0.05, 0.1) is 17.7 Å². The molecule has 0 radical (unpaired) electrons. The van der Waals surface area contributed by atoms with Gasteiger partial charge in [0.2, 0.25) is 0 Å². The molecule has 1 saturated heterocycles. The number of nitro benzene ring substituents is 1. The van der Waals surface area contributed by atoms with Crippen LogP contribution in [0.3, 0.4) is 0 Å². The van der Waals surface area contributed by atoms with Crippen molar-refractivity contribution in [2.75, 3.05) is 12.1 Å². The number of para-hydroxylation sites is 2. The molecule has 2 amide bonds. The molecule has 33 heavy (non-hydrogen) atoms. The van der Waals surface area contributed by atoms with Crippen molar-refractivity contribution in [3.8, 4) is 11.5 Å². The number of hydrogen-bond acceptors (Lipinski definition) is 6. The Hall–Kier alpha value is -4.66. The minimum Gasteiger partial charge on any atom is -0.493 e. The van der Waals surface area contributed by atoms with Crippen molar-refractivity contribution < 1.29 is 24.0 Å². The predicted molar refractivity (Wildman–Crippen MR) is 120 cm³/mol. The maximum atomic E-state index is 12.9. The minimum absolute atomic E-state index is 0.0223. The first kappa shape index (κ1) is 21.6. The SMILES string of the molecule is COc1cccc(/C=C2\C(=O)NN(c3ccccc3)C2=O)c1OCc1cccc([N+](=O)[O-])c1. The van der Waals surface area contributed by atoms with Crippen molar-refractivity contribution in [1.29, 1.82) is 0 Å². The van der Waals surface area contributed by atoms with E-state index in [0.717, 1.165) is 0 Å². The molecule has 4 rings (SSSR count). The normalized spacial score (nSPS) is 14.3. The van der Waals surface area contributed by atoms with E-state index in [1.165, 1.54) is 30.3 Å². The number of amides is 2. The van der Waals surface area contributed by atoms with Crippen molar-refractivity contribution in [1.82, 2.24) is 5.43 Å². The van der Waals surface area contributed by atoms with Crippen LogP contribution in [-0.2, 0) is 16.2 Å². The maximum absolute atomic E-state index is 12.9. The quantitative estimate of drug-likeness (QED) is 0.257. The standard InChI is InChI=1S/C24H19N3O6/c1-32-21-12-6-8-17(22(21)33-15-16-7-5-11-19(13-16)27(30)31)14-20-23(28)25-26(24(20)29)18-9-3-2-4-10-18/h2-14H,15H2,1H3,(H,25,28)/b20-14+. The van der Waals surface area contributed by atoms with Gasteiger partial charge in [0, 0.05) is 17.7 Å². The van der Waals surface area contributed by atoms with Crippen LogP contribution in [0.15, 0.2) is 78.4 Å². The molecule has 0 saturated carbocycles. The van der Waals surface area contributed by atoms with Crippen LogP contribution in [0, 0.1) is 10.1 Å². The van der Waals surface area contributed by atoms with E-state index in [0.29, 0.717) is 28.3 Å². The van der Waals surface area contributed by atoms with Crippen molar-refractivity contribution in [2.24, 2.45) is 0 Å². The lowest BCUT2D eigenvalue weighted by Gasteiger charge is -2.14. The summed E-state index contributed by atoms with van der Waals surface area (Å²) in [6.45, 7) is 0.0223. The molecule has 3 aromatic carbocycles. The fraction of sp³-hybridized carbons (Fsp3) is 0.0833. The summed E-state index contributed by atoms with van der Waals surface area (Å²) in [5, 5.41) is 12.2. The topological polar surface area (TPSA) is 111 Å². The molecular weight excluding hydrogens is 426 g/mol. The molecule has 1 aliphatic heterocycles. The first-order valence-corrected chi connectivity index (χ1v) is 9.93. The van der Waals surface area contributed by atoms with Crippen molar-refractivity contribution in [3.05, 3.63) is 99.6 Å². The third kappa shape index (κ3) is 4.52. The summed E-state index contributed by atoms with van der Waals surface area (Å²) in [5.41, 5.74) is 4.01. The van der Waals surface area contributed by atoms with Gasteiger partial charge in [-0.15, -0.1) is 0 Å². The predicted octanol–water partition coefficient (Wildman–Crippen LogP) is 3.64. The van der Waals surface area contributed by atoms with Gasteiger partial charge in [0.15, 0.2) is 11.5 Å². The number of carbonyl (C=O) groups excluding carboxylic acids is 2. The largest absolute Gasteiger partial charge is 0.493 e. The summed E-state index contributed by atoms with van der Waals surface area (Å²) < 4.78 is 11.3. The number of hydrogen-bond donors (Lipinski definition) is 1. The number of nitrogens with one attached hydrogen (secondary N) is 1. The van der Waals surface area contributed by atoms with E-state index >= 15 is 0 Å². The van der Waals surface area contributed by atoms with Crippen LogP contribution in [0.4, 0.5) is 11.4 Å². The number of ether oxygens (including phenoxy) is 2. The number of nitro groups is 1. The molecule has 9 heteroatoms. The number of carbonyl (C=O) groups is 2. The number of rotatable bonds is 7. The molecule has 0 aliphatic carbocycles. The monoisotopic (exact) mass is 445 g/mol. The second kappa shape index (κ2) is 9.23. The van der Waals surface area contributed by atoms with Crippen LogP contribution < -0.4 is 19.9 Å². The highest BCUT2D eigenvalue weighted by molar-refractivity contribution is 6.31. The fourth-order valence-corrected chi connectivity index (χ4v) is 3.35. The van der Waals surface area contributed by atoms with E-state index < -0.39 is 16.7 Å². The Labute approximate surface area is 189 Å². The Bertz CT molecular complexity index is 1260. The highest BCUT2D eigenvalue weighted by Gasteiger charge is 2.34. The molecule has 0 atom stereocenters. The number of nitrogens with zero attached hydrogens (tertiary/aromatic N) is 2. The summed E-state index contributed by atoms with van der Waals surface area (Å²) in [6.07, 6.45) is 1.44. The molecule has 0 aromatic heterocycles.